The molecule has 0 bridgehead atoms. The van der Waals surface area contributed by atoms with Crippen LogP contribution in [0.4, 0.5) is 0 Å². The number of pyridine rings is 1. The summed E-state index contributed by atoms with van der Waals surface area (Å²) in [6, 6.07) is 19.1. The van der Waals surface area contributed by atoms with Gasteiger partial charge in [-0.3, -0.25) is 0 Å². The molecule has 0 spiro atoms. The first-order valence-electron chi connectivity index (χ1n) is 10.4. The molecule has 2 aromatic carbocycles. The van der Waals surface area contributed by atoms with E-state index in [1.54, 1.807) is 0 Å². The van der Waals surface area contributed by atoms with Crippen LogP contribution in [0.3, 0.4) is 0 Å². The van der Waals surface area contributed by atoms with Crippen LogP contribution in [0, 0.1) is 0 Å². The number of hydrogen-bond acceptors (Lipinski definition) is 3. The Morgan fingerprint density at radius 3 is 1.59 bits per heavy atom. The minimum absolute atomic E-state index is 0. The zero-order valence-electron chi connectivity index (χ0n) is 19.4. The van der Waals surface area contributed by atoms with Gasteiger partial charge in [-0.05, 0) is 0 Å². The number of hydrogen-bond donors (Lipinski definition) is 0. The fraction of sp³-hybridized carbons (Fsp3) is 0.346. The second-order valence-electron chi connectivity index (χ2n) is 9.92. The molecule has 0 saturated carbocycles. The van der Waals surface area contributed by atoms with Crippen LogP contribution in [0.1, 0.15) is 75.4 Å². The van der Waals surface area contributed by atoms with Gasteiger partial charge in [0.2, 0.25) is 0 Å². The van der Waals surface area contributed by atoms with E-state index in [-0.39, 0.29) is 41.6 Å². The van der Waals surface area contributed by atoms with Gasteiger partial charge in [0.25, 0.3) is 0 Å². The van der Waals surface area contributed by atoms with Gasteiger partial charge in [-0.1, -0.05) is 0 Å². The molecule has 0 radical (unpaired) electrons. The normalized spacial score (nSPS) is 13.2. The average Bonchev–Trinajstić information content (AvgIpc) is 2.67. The molecule has 6 heteroatoms. The molecule has 2 heterocycles. The number of aromatic nitrogens is 1. The maximum atomic E-state index is 6.44. The smallest absolute Gasteiger partial charge is 1.00 e. The quantitative estimate of drug-likeness (QED) is 0.452. The van der Waals surface area contributed by atoms with Crippen molar-refractivity contribution in [2.24, 2.45) is 0 Å². The Bertz CT molecular complexity index is 994. The van der Waals surface area contributed by atoms with Crippen molar-refractivity contribution in [3.8, 4) is 11.5 Å². The van der Waals surface area contributed by atoms with E-state index in [9.17, 15) is 0 Å². The first kappa shape index (κ1) is 26.7. The largest absolute Gasteiger partial charge is 1.00 e. The minimum Gasteiger partial charge on any atom is -1.00 e. The van der Waals surface area contributed by atoms with E-state index in [0.717, 1.165) is 17.2 Å². The predicted octanol–water partition coefficient (Wildman–Crippen LogP) is 0.549. The van der Waals surface area contributed by atoms with Gasteiger partial charge in [-0.25, -0.2) is 0 Å². The number of rotatable bonds is 1. The van der Waals surface area contributed by atoms with Crippen molar-refractivity contribution in [1.29, 1.82) is 0 Å². The summed E-state index contributed by atoms with van der Waals surface area (Å²) in [6.07, 6.45) is 1.87. The molecule has 0 saturated heterocycles. The molecule has 1 aromatic heterocycles. The van der Waals surface area contributed by atoms with Crippen molar-refractivity contribution < 1.29 is 51.4 Å². The third-order valence-electron chi connectivity index (χ3n) is 5.60. The van der Waals surface area contributed by atoms with E-state index in [4.69, 9.17) is 11.6 Å². The molecule has 0 atom stereocenters. The van der Waals surface area contributed by atoms with E-state index >= 15 is 0 Å². The van der Waals surface area contributed by atoms with Crippen molar-refractivity contribution >= 4 is 0 Å². The Kier molecular flexibility index (Phi) is 8.50. The van der Waals surface area contributed by atoms with Gasteiger partial charge in [0.15, 0.2) is 0 Å². The fourth-order valence-electron chi connectivity index (χ4n) is 4.11. The van der Waals surface area contributed by atoms with E-state index < -0.39 is 19.9 Å². The number of halogens is 2. The van der Waals surface area contributed by atoms with Gasteiger partial charge in [-0.2, -0.15) is 0 Å². The fourth-order valence-corrected chi connectivity index (χ4v) is 5.15. The molecular weight excluding hydrogens is 477 g/mol. The average molecular weight is 506 g/mol. The second-order valence-corrected chi connectivity index (χ2v) is 10.8. The summed E-state index contributed by atoms with van der Waals surface area (Å²) < 4.78 is 12.9. The standard InChI is InChI=1S/C26H31NO2.2ClH.Ti/c1-25(2,3)19-13-9-11-17(23(19)28)22(21-15-7-8-16-27-21)18-12-10-14-20(24(18)29)26(4,5)6;;;/h7-16,22,28-29H,1-6H3;2*1H;/q;;;+4/p-4. The van der Waals surface area contributed by atoms with Crippen LogP contribution >= 0.6 is 0 Å². The van der Waals surface area contributed by atoms with Crippen LogP contribution in [-0.4, -0.2) is 4.98 Å². The van der Waals surface area contributed by atoms with Gasteiger partial charge in [0.05, 0.1) is 0 Å². The van der Waals surface area contributed by atoms with E-state index in [1.165, 1.54) is 22.3 Å². The Morgan fingerprint density at radius 1 is 0.688 bits per heavy atom. The van der Waals surface area contributed by atoms with Crippen LogP contribution < -0.4 is 31.5 Å². The monoisotopic (exact) mass is 505 g/mol. The molecule has 1 aliphatic heterocycles. The Balaban J connectivity index is 0.00000181. The van der Waals surface area contributed by atoms with Gasteiger partial charge >= 0.3 is 190 Å². The molecule has 32 heavy (non-hydrogen) atoms. The topological polar surface area (TPSA) is 31.4 Å². The first-order chi connectivity index (χ1) is 14.2. The van der Waals surface area contributed by atoms with E-state index in [2.05, 4.69) is 90.1 Å². The molecule has 3 nitrogen and oxygen atoms in total. The van der Waals surface area contributed by atoms with Crippen molar-refractivity contribution in [1.82, 2.24) is 4.98 Å². The Hall–Kier alpha value is -1.52. The molecule has 4 rings (SSSR count). The van der Waals surface area contributed by atoms with Crippen LogP contribution in [-0.2, 0) is 30.8 Å². The van der Waals surface area contributed by atoms with Crippen LogP contribution in [0.5, 0.6) is 11.5 Å². The second kappa shape index (κ2) is 10.2. The van der Waals surface area contributed by atoms with E-state index in [1.807, 2.05) is 12.3 Å². The minimum atomic E-state index is -1.10. The van der Waals surface area contributed by atoms with Crippen molar-refractivity contribution in [3.05, 3.63) is 88.7 Å². The van der Waals surface area contributed by atoms with Crippen LogP contribution in [0.2, 0.25) is 0 Å². The van der Waals surface area contributed by atoms with Gasteiger partial charge in [0.1, 0.15) is 0 Å². The number of para-hydroxylation sites is 2. The van der Waals surface area contributed by atoms with Crippen molar-refractivity contribution in [2.45, 2.75) is 58.3 Å². The molecule has 0 N–H and O–H groups in total. The summed E-state index contributed by atoms with van der Waals surface area (Å²) in [4.78, 5) is 4.76. The van der Waals surface area contributed by atoms with Gasteiger partial charge in [0, 0.05) is 0 Å². The molecule has 0 aliphatic carbocycles. The van der Waals surface area contributed by atoms with Gasteiger partial charge < -0.3 is 24.8 Å². The maximum absolute atomic E-state index is 6.44. The number of nitrogens with zero attached hydrogens (tertiary/aromatic N) is 1. The number of benzene rings is 2. The zero-order chi connectivity index (χ0) is 21.5. The number of fused-ring (bicyclic) bond motifs is 2. The summed E-state index contributed by atoms with van der Waals surface area (Å²) in [5.74, 6) is 1.88. The molecular formula is C26H29Cl2NO2Ti. The summed E-state index contributed by atoms with van der Waals surface area (Å²) in [7, 11) is 0. The van der Waals surface area contributed by atoms with Crippen LogP contribution in [0.15, 0.2) is 60.8 Å². The van der Waals surface area contributed by atoms with E-state index in [0.29, 0.717) is 0 Å². The zero-order valence-corrected chi connectivity index (χ0v) is 22.4. The Labute approximate surface area is 214 Å². The molecule has 3 aromatic rings. The van der Waals surface area contributed by atoms with Crippen molar-refractivity contribution in [2.75, 3.05) is 0 Å². The van der Waals surface area contributed by atoms with Crippen LogP contribution in [0.25, 0.3) is 0 Å². The molecule has 1 aliphatic rings. The first-order valence-corrected chi connectivity index (χ1v) is 11.7. The SMILES string of the molecule is CC(C)(C)c1cccc2c1[O][Ti+2][O]c1c(cccc1C(C)(C)C)C2c1ccccn1.[Cl-].[Cl-]. The predicted molar refractivity (Wildman–Crippen MR) is 117 cm³/mol. The van der Waals surface area contributed by atoms with Gasteiger partial charge in [-0.15, -0.1) is 0 Å². The van der Waals surface area contributed by atoms with Crippen molar-refractivity contribution in [3.63, 3.8) is 0 Å². The maximum Gasteiger partial charge on any atom is -1.00 e. The summed E-state index contributed by atoms with van der Waals surface area (Å²) >= 11 is -1.10. The Morgan fingerprint density at radius 2 is 1.19 bits per heavy atom. The third kappa shape index (κ3) is 5.17. The summed E-state index contributed by atoms with van der Waals surface area (Å²) in [5.41, 5.74) is 5.71. The molecule has 168 valence electrons. The molecule has 0 fully saturated rings. The molecule has 0 amide bonds. The summed E-state index contributed by atoms with van der Waals surface area (Å²) in [6.45, 7) is 13.4. The summed E-state index contributed by atoms with van der Waals surface area (Å²) in [5, 5.41) is 0. The molecule has 0 unspecified atom stereocenters. The third-order valence-corrected chi connectivity index (χ3v) is 6.50.